The number of thiocarbonyl (C=S) groups is 1. The lowest BCUT2D eigenvalue weighted by Crippen LogP contribution is -2.38. The number of hydrogen-bond donors (Lipinski definition) is 0. The maximum Gasteiger partial charge on any atom is 0.234 e. The molecule has 0 aliphatic carbocycles. The number of nitrogens with zero attached hydrogens (tertiary/aromatic N) is 1. The predicted molar refractivity (Wildman–Crippen MR) is 60.7 cm³/mol. The first-order valence-electron chi connectivity index (χ1n) is 4.75. The van der Waals surface area contributed by atoms with E-state index in [-0.39, 0.29) is 5.91 Å². The molecule has 0 atom stereocenters. The number of rotatable bonds is 5. The summed E-state index contributed by atoms with van der Waals surface area (Å²) in [6, 6.07) is 0. The second kappa shape index (κ2) is 5.60. The highest BCUT2D eigenvalue weighted by Crippen LogP contribution is 2.23. The van der Waals surface area contributed by atoms with Crippen molar-refractivity contribution in [3.8, 4) is 0 Å². The maximum absolute atomic E-state index is 10.9. The molecule has 0 N–H and O–H groups in total. The number of amides is 1. The highest BCUT2D eigenvalue weighted by Gasteiger charge is 2.25. The molecule has 1 heterocycles. The quantitative estimate of drug-likeness (QED) is 0.306. The summed E-state index contributed by atoms with van der Waals surface area (Å²) in [5.41, 5.74) is 0. The Morgan fingerprint density at radius 2 is 2.38 bits per heavy atom. The van der Waals surface area contributed by atoms with Gasteiger partial charge in [-0.2, -0.15) is 0 Å². The van der Waals surface area contributed by atoms with Gasteiger partial charge in [-0.15, -0.1) is 0 Å². The van der Waals surface area contributed by atoms with Crippen LogP contribution < -0.4 is 0 Å². The topological polar surface area (TPSA) is 20.3 Å². The van der Waals surface area contributed by atoms with Crippen LogP contribution in [0.5, 0.6) is 0 Å². The maximum atomic E-state index is 10.9. The highest BCUT2D eigenvalue weighted by molar-refractivity contribution is 8.21. The summed E-state index contributed by atoms with van der Waals surface area (Å²) in [4.78, 5) is 10.9. The third kappa shape index (κ3) is 3.65. The molecule has 13 heavy (non-hydrogen) atoms. The van der Waals surface area contributed by atoms with Crippen molar-refractivity contribution in [2.45, 2.75) is 39.0 Å². The first kappa shape index (κ1) is 11.0. The van der Waals surface area contributed by atoms with Crippen LogP contribution in [0.4, 0.5) is 0 Å². The number of hydrogen-bond acceptors (Lipinski definition) is 3. The first-order chi connectivity index (χ1) is 6.24. The van der Waals surface area contributed by atoms with E-state index in [0.717, 1.165) is 23.6 Å². The molecule has 1 saturated heterocycles. The number of β-lactam (4-membered cyclic amide) rings is 1. The Bertz CT molecular complexity index is 206. The van der Waals surface area contributed by atoms with Crippen LogP contribution in [-0.4, -0.2) is 21.0 Å². The van der Waals surface area contributed by atoms with E-state index in [2.05, 4.69) is 6.92 Å². The van der Waals surface area contributed by atoms with Gasteiger partial charge in [0.25, 0.3) is 0 Å². The van der Waals surface area contributed by atoms with E-state index in [0.29, 0.717) is 6.42 Å². The van der Waals surface area contributed by atoms with Crippen molar-refractivity contribution in [2.24, 2.45) is 0 Å². The molecule has 1 fully saturated rings. The summed E-state index contributed by atoms with van der Waals surface area (Å²) in [6.45, 7) is 3.05. The number of carbonyl (C=O) groups excluding carboxylic acids is 1. The third-order valence-electron chi connectivity index (χ3n) is 2.00. The van der Waals surface area contributed by atoms with Crippen LogP contribution in [0, 0.1) is 0 Å². The largest absolute Gasteiger partial charge is 0.281 e. The Labute approximate surface area is 89.2 Å². The Morgan fingerprint density at radius 1 is 1.62 bits per heavy atom. The molecule has 2 nitrogen and oxygen atoms in total. The molecule has 1 aliphatic heterocycles. The number of unbranched alkanes of at least 4 members (excludes halogenated alkanes) is 2. The van der Waals surface area contributed by atoms with Crippen molar-refractivity contribution in [2.75, 3.05) is 6.54 Å². The molecule has 4 heteroatoms. The summed E-state index contributed by atoms with van der Waals surface area (Å²) >= 11 is 6.63. The number of carbonyl (C=O) groups is 1. The van der Waals surface area contributed by atoms with Crippen molar-refractivity contribution in [1.29, 1.82) is 0 Å². The molecule has 1 aliphatic rings. The molecule has 0 spiro atoms. The van der Waals surface area contributed by atoms with Gasteiger partial charge in [-0.25, -0.2) is 0 Å². The van der Waals surface area contributed by atoms with E-state index in [1.165, 1.54) is 24.8 Å². The van der Waals surface area contributed by atoms with Crippen LogP contribution in [0.3, 0.4) is 0 Å². The SMILES string of the molecule is CCCCCC(=S)SN1CCC1=O. The van der Waals surface area contributed by atoms with Crippen molar-refractivity contribution in [3.63, 3.8) is 0 Å². The van der Waals surface area contributed by atoms with Crippen molar-refractivity contribution in [3.05, 3.63) is 0 Å². The second-order valence-corrected chi connectivity index (χ2v) is 5.03. The summed E-state index contributed by atoms with van der Waals surface area (Å²) in [5, 5.41) is 0. The van der Waals surface area contributed by atoms with Gasteiger partial charge in [0.15, 0.2) is 0 Å². The minimum absolute atomic E-state index is 0.225. The van der Waals surface area contributed by atoms with Gasteiger partial charge >= 0.3 is 0 Å². The van der Waals surface area contributed by atoms with Gasteiger partial charge in [-0.05, 0) is 24.8 Å². The monoisotopic (exact) mass is 217 g/mol. The first-order valence-corrected chi connectivity index (χ1v) is 5.93. The van der Waals surface area contributed by atoms with Gasteiger partial charge in [0.05, 0.1) is 4.20 Å². The van der Waals surface area contributed by atoms with Crippen LogP contribution >= 0.6 is 24.2 Å². The molecular formula is C9H15NOS2. The predicted octanol–water partition coefficient (Wildman–Crippen LogP) is 2.77. The van der Waals surface area contributed by atoms with E-state index < -0.39 is 0 Å². The van der Waals surface area contributed by atoms with Crippen molar-refractivity contribution < 1.29 is 4.79 Å². The molecule has 1 amide bonds. The summed E-state index contributed by atoms with van der Waals surface area (Å²) in [6.07, 6.45) is 5.27. The Morgan fingerprint density at radius 3 is 2.85 bits per heavy atom. The van der Waals surface area contributed by atoms with Gasteiger partial charge in [0, 0.05) is 13.0 Å². The van der Waals surface area contributed by atoms with Crippen LogP contribution in [0.1, 0.15) is 39.0 Å². The Balaban J connectivity index is 2.07. The second-order valence-electron chi connectivity index (χ2n) is 3.17. The van der Waals surface area contributed by atoms with Crippen LogP contribution in [0.2, 0.25) is 0 Å². The average molecular weight is 217 g/mol. The van der Waals surface area contributed by atoms with Gasteiger partial charge in [0.2, 0.25) is 5.91 Å². The third-order valence-corrected chi connectivity index (χ3v) is 3.45. The zero-order chi connectivity index (χ0) is 9.68. The van der Waals surface area contributed by atoms with Gasteiger partial charge < -0.3 is 0 Å². The van der Waals surface area contributed by atoms with Crippen LogP contribution in [-0.2, 0) is 4.79 Å². The van der Waals surface area contributed by atoms with Crippen LogP contribution in [0.25, 0.3) is 0 Å². The normalized spacial score (nSPS) is 15.8. The minimum Gasteiger partial charge on any atom is -0.281 e. The van der Waals surface area contributed by atoms with E-state index in [4.69, 9.17) is 12.2 Å². The molecule has 0 radical (unpaired) electrons. The van der Waals surface area contributed by atoms with E-state index >= 15 is 0 Å². The standard InChI is InChI=1S/C9H15NOS2/c1-2-3-4-5-9(12)13-10-7-6-8(10)11/h2-7H2,1H3. The van der Waals surface area contributed by atoms with Gasteiger partial charge in [-0.3, -0.25) is 9.10 Å². The fourth-order valence-electron chi connectivity index (χ4n) is 1.08. The zero-order valence-electron chi connectivity index (χ0n) is 7.91. The molecule has 0 unspecified atom stereocenters. The minimum atomic E-state index is 0.225. The summed E-state index contributed by atoms with van der Waals surface area (Å²) < 4.78 is 2.72. The van der Waals surface area contributed by atoms with Gasteiger partial charge in [0.1, 0.15) is 0 Å². The molecule has 0 bridgehead atoms. The fourth-order valence-corrected chi connectivity index (χ4v) is 2.35. The summed E-state index contributed by atoms with van der Waals surface area (Å²) in [7, 11) is 0. The lowest BCUT2D eigenvalue weighted by Gasteiger charge is -2.28. The van der Waals surface area contributed by atoms with Gasteiger partial charge in [-0.1, -0.05) is 32.0 Å². The highest BCUT2D eigenvalue weighted by atomic mass is 32.2. The molecule has 0 aromatic carbocycles. The Hall–Kier alpha value is -0.0900. The molecule has 0 saturated carbocycles. The molecule has 0 aromatic heterocycles. The lowest BCUT2D eigenvalue weighted by atomic mass is 10.2. The average Bonchev–Trinajstić information content (AvgIpc) is 2.12. The zero-order valence-corrected chi connectivity index (χ0v) is 9.55. The smallest absolute Gasteiger partial charge is 0.234 e. The fraction of sp³-hybridized carbons (Fsp3) is 0.778. The van der Waals surface area contributed by atoms with E-state index in [9.17, 15) is 4.79 Å². The summed E-state index contributed by atoms with van der Waals surface area (Å²) in [5.74, 6) is 0.225. The lowest BCUT2D eigenvalue weighted by molar-refractivity contribution is -0.132. The molecular weight excluding hydrogens is 202 g/mol. The van der Waals surface area contributed by atoms with Crippen molar-refractivity contribution in [1.82, 2.24) is 4.31 Å². The molecule has 74 valence electrons. The molecule has 1 rings (SSSR count). The van der Waals surface area contributed by atoms with Crippen LogP contribution in [0.15, 0.2) is 0 Å². The molecule has 0 aromatic rings. The van der Waals surface area contributed by atoms with E-state index in [1.54, 1.807) is 4.31 Å². The Kier molecular flexibility index (Phi) is 4.73. The van der Waals surface area contributed by atoms with Crippen molar-refractivity contribution >= 4 is 34.3 Å². The van der Waals surface area contributed by atoms with E-state index in [1.807, 2.05) is 0 Å².